The van der Waals surface area contributed by atoms with Crippen LogP contribution in [-0.4, -0.2) is 16.0 Å². The topological polar surface area (TPSA) is 107 Å². The summed E-state index contributed by atoms with van der Waals surface area (Å²) in [5.41, 5.74) is 11.0. The number of hydrogen-bond donors (Lipinski definition) is 3. The van der Waals surface area contributed by atoms with E-state index in [-0.39, 0.29) is 6.54 Å². The fourth-order valence-electron chi connectivity index (χ4n) is 0.686. The van der Waals surface area contributed by atoms with Gasteiger partial charge in [-0.25, -0.2) is 14.8 Å². The number of nitrogen functional groups attached to an aromatic ring is 1. The molecule has 64 valence electrons. The molecule has 0 aromatic carbocycles. The molecule has 0 radical (unpaired) electrons. The number of urea groups is 1. The van der Waals surface area contributed by atoms with Crippen LogP contribution in [0.25, 0.3) is 0 Å². The van der Waals surface area contributed by atoms with Crippen LogP contribution in [0.4, 0.5) is 10.6 Å². The van der Waals surface area contributed by atoms with Gasteiger partial charge in [0.2, 0.25) is 0 Å². The Morgan fingerprint density at radius 1 is 1.67 bits per heavy atom. The number of carbonyl (C=O) groups is 1. The number of hydrogen-bond acceptors (Lipinski definition) is 4. The predicted octanol–water partition coefficient (Wildman–Crippen LogP) is -0.773. The van der Waals surface area contributed by atoms with Crippen molar-refractivity contribution < 1.29 is 4.79 Å². The van der Waals surface area contributed by atoms with E-state index in [2.05, 4.69) is 15.3 Å². The van der Waals surface area contributed by atoms with E-state index in [4.69, 9.17) is 11.5 Å². The highest BCUT2D eigenvalue weighted by Crippen LogP contribution is 2.03. The lowest BCUT2D eigenvalue weighted by Crippen LogP contribution is -2.29. The molecule has 0 aliphatic carbocycles. The Hall–Kier alpha value is -1.85. The van der Waals surface area contributed by atoms with Gasteiger partial charge >= 0.3 is 6.03 Å². The first kappa shape index (κ1) is 8.25. The lowest BCUT2D eigenvalue weighted by atomic mass is 10.3. The molecule has 0 aliphatic heterocycles. The summed E-state index contributed by atoms with van der Waals surface area (Å²) < 4.78 is 0. The Bertz CT molecular complexity index is 287. The van der Waals surface area contributed by atoms with E-state index in [9.17, 15) is 4.79 Å². The van der Waals surface area contributed by atoms with E-state index < -0.39 is 6.03 Å². The summed E-state index contributed by atoms with van der Waals surface area (Å²) in [6.07, 6.45) is 2.86. The lowest BCUT2D eigenvalue weighted by Gasteiger charge is -2.02. The normalized spacial score (nSPS) is 9.33. The molecule has 2 amide bonds. The van der Waals surface area contributed by atoms with E-state index in [1.54, 1.807) is 0 Å². The summed E-state index contributed by atoms with van der Waals surface area (Å²) in [5, 5.41) is 2.38. The lowest BCUT2D eigenvalue weighted by molar-refractivity contribution is 0.248. The van der Waals surface area contributed by atoms with Crippen LogP contribution in [0.1, 0.15) is 5.56 Å². The molecule has 0 saturated carbocycles. The first-order chi connectivity index (χ1) is 5.70. The smallest absolute Gasteiger partial charge is 0.312 e. The molecule has 12 heavy (non-hydrogen) atoms. The number of nitrogens with one attached hydrogen (secondary N) is 1. The number of rotatable bonds is 2. The number of anilines is 1. The van der Waals surface area contributed by atoms with Crippen molar-refractivity contribution in [3.8, 4) is 0 Å². The van der Waals surface area contributed by atoms with Gasteiger partial charge in [0.15, 0.2) is 0 Å². The highest BCUT2D eigenvalue weighted by atomic mass is 16.2. The van der Waals surface area contributed by atoms with E-state index in [0.29, 0.717) is 11.4 Å². The average Bonchev–Trinajstić information content (AvgIpc) is 2.03. The maximum atomic E-state index is 10.3. The van der Waals surface area contributed by atoms with Crippen LogP contribution >= 0.6 is 0 Å². The Labute approximate surface area is 69.0 Å². The number of nitrogens with zero attached hydrogens (tertiary/aromatic N) is 2. The number of aromatic nitrogens is 2. The molecule has 0 saturated heterocycles. The molecular formula is C6H9N5O. The largest absolute Gasteiger partial charge is 0.383 e. The standard InChI is InChI=1S/C6H9N5O/c7-5-4(1-9-3-11-5)2-10-6(8)12/h1,3H,2H2,(H2,7,9,11)(H3,8,10,12). The van der Waals surface area contributed by atoms with E-state index >= 15 is 0 Å². The van der Waals surface area contributed by atoms with Crippen LogP contribution in [0.5, 0.6) is 0 Å². The fourth-order valence-corrected chi connectivity index (χ4v) is 0.686. The van der Waals surface area contributed by atoms with Crippen LogP contribution in [-0.2, 0) is 6.54 Å². The van der Waals surface area contributed by atoms with Gasteiger partial charge in [-0.3, -0.25) is 0 Å². The van der Waals surface area contributed by atoms with Crippen molar-refractivity contribution in [1.82, 2.24) is 15.3 Å². The molecule has 5 N–H and O–H groups in total. The molecular weight excluding hydrogens is 158 g/mol. The molecule has 6 nitrogen and oxygen atoms in total. The fraction of sp³-hybridized carbons (Fsp3) is 0.167. The van der Waals surface area contributed by atoms with E-state index in [1.165, 1.54) is 12.5 Å². The molecule has 1 aromatic heterocycles. The Morgan fingerprint density at radius 2 is 2.42 bits per heavy atom. The summed E-state index contributed by atoms with van der Waals surface area (Å²) in [6.45, 7) is 0.252. The molecule has 1 heterocycles. The summed E-state index contributed by atoms with van der Waals surface area (Å²) in [5.74, 6) is 0.346. The maximum Gasteiger partial charge on any atom is 0.312 e. The molecule has 0 bridgehead atoms. The van der Waals surface area contributed by atoms with Crippen molar-refractivity contribution in [2.45, 2.75) is 6.54 Å². The number of nitrogens with two attached hydrogens (primary N) is 2. The average molecular weight is 167 g/mol. The number of primary amides is 1. The van der Waals surface area contributed by atoms with Crippen molar-refractivity contribution >= 4 is 11.8 Å². The molecule has 1 aromatic rings. The Kier molecular flexibility index (Phi) is 2.42. The van der Waals surface area contributed by atoms with Crippen molar-refractivity contribution in [2.75, 3.05) is 5.73 Å². The van der Waals surface area contributed by atoms with Gasteiger partial charge in [-0.2, -0.15) is 0 Å². The molecule has 1 rings (SSSR count). The quantitative estimate of drug-likeness (QED) is 0.537. The van der Waals surface area contributed by atoms with Gasteiger partial charge in [-0.15, -0.1) is 0 Å². The third kappa shape index (κ3) is 2.08. The van der Waals surface area contributed by atoms with Gasteiger partial charge in [0, 0.05) is 18.3 Å². The van der Waals surface area contributed by atoms with E-state index in [1.807, 2.05) is 0 Å². The van der Waals surface area contributed by atoms with Gasteiger partial charge in [0.1, 0.15) is 12.1 Å². The monoisotopic (exact) mass is 167 g/mol. The summed E-state index contributed by atoms with van der Waals surface area (Å²) in [6, 6.07) is -0.599. The number of amides is 2. The zero-order chi connectivity index (χ0) is 8.97. The summed E-state index contributed by atoms with van der Waals surface area (Å²) in [4.78, 5) is 17.8. The molecule has 0 spiro atoms. The Balaban J connectivity index is 2.63. The van der Waals surface area contributed by atoms with Crippen LogP contribution < -0.4 is 16.8 Å². The molecule has 0 atom stereocenters. The predicted molar refractivity (Wildman–Crippen MR) is 42.9 cm³/mol. The second-order valence-corrected chi connectivity index (χ2v) is 2.15. The Morgan fingerprint density at radius 3 is 3.00 bits per heavy atom. The maximum absolute atomic E-state index is 10.3. The van der Waals surface area contributed by atoms with Gasteiger partial charge in [-0.1, -0.05) is 0 Å². The van der Waals surface area contributed by atoms with Gasteiger partial charge in [-0.05, 0) is 0 Å². The highest BCUT2D eigenvalue weighted by molar-refractivity contribution is 5.71. The minimum Gasteiger partial charge on any atom is -0.383 e. The summed E-state index contributed by atoms with van der Waals surface area (Å²) >= 11 is 0. The van der Waals surface area contributed by atoms with Gasteiger partial charge in [0.25, 0.3) is 0 Å². The van der Waals surface area contributed by atoms with Crippen molar-refractivity contribution in [3.05, 3.63) is 18.1 Å². The summed E-state index contributed by atoms with van der Waals surface area (Å²) in [7, 11) is 0. The van der Waals surface area contributed by atoms with Crippen molar-refractivity contribution in [2.24, 2.45) is 5.73 Å². The second kappa shape index (κ2) is 3.51. The third-order valence-corrected chi connectivity index (χ3v) is 1.28. The van der Waals surface area contributed by atoms with Crippen LogP contribution in [0.15, 0.2) is 12.5 Å². The SMILES string of the molecule is NC(=O)NCc1cncnc1N. The highest BCUT2D eigenvalue weighted by Gasteiger charge is 1.99. The molecule has 6 heteroatoms. The molecule has 0 aliphatic rings. The molecule has 0 unspecified atom stereocenters. The van der Waals surface area contributed by atoms with Crippen molar-refractivity contribution in [1.29, 1.82) is 0 Å². The van der Waals surface area contributed by atoms with Crippen LogP contribution in [0.2, 0.25) is 0 Å². The minimum atomic E-state index is -0.599. The second-order valence-electron chi connectivity index (χ2n) is 2.15. The molecule has 0 fully saturated rings. The van der Waals surface area contributed by atoms with Crippen molar-refractivity contribution in [3.63, 3.8) is 0 Å². The minimum absolute atomic E-state index is 0.252. The first-order valence-corrected chi connectivity index (χ1v) is 3.28. The van der Waals surface area contributed by atoms with Crippen LogP contribution in [0.3, 0.4) is 0 Å². The van der Waals surface area contributed by atoms with Gasteiger partial charge < -0.3 is 16.8 Å². The van der Waals surface area contributed by atoms with Gasteiger partial charge in [0.05, 0.1) is 0 Å². The zero-order valence-corrected chi connectivity index (χ0v) is 6.32. The van der Waals surface area contributed by atoms with E-state index in [0.717, 1.165) is 0 Å². The van der Waals surface area contributed by atoms with Crippen LogP contribution in [0, 0.1) is 0 Å². The number of carbonyl (C=O) groups excluding carboxylic acids is 1. The zero-order valence-electron chi connectivity index (χ0n) is 6.32. The third-order valence-electron chi connectivity index (χ3n) is 1.28. The first-order valence-electron chi connectivity index (χ1n) is 3.28.